The maximum Gasteiger partial charge on any atom is 0.326 e. The molecule has 18 heavy (non-hydrogen) atoms. The van der Waals surface area contributed by atoms with Crippen LogP contribution in [0.3, 0.4) is 0 Å². The van der Waals surface area contributed by atoms with Crippen molar-refractivity contribution in [1.29, 1.82) is 0 Å². The van der Waals surface area contributed by atoms with Crippen LogP contribution in [0.25, 0.3) is 0 Å². The van der Waals surface area contributed by atoms with Gasteiger partial charge in [-0.15, -0.1) is 0 Å². The van der Waals surface area contributed by atoms with Gasteiger partial charge in [-0.05, 0) is 6.42 Å². The molecule has 6 nitrogen and oxygen atoms in total. The van der Waals surface area contributed by atoms with Crippen molar-refractivity contribution < 1.29 is 9.53 Å². The van der Waals surface area contributed by atoms with Crippen LogP contribution in [0.1, 0.15) is 6.42 Å². The van der Waals surface area contributed by atoms with E-state index in [2.05, 4.69) is 27.9 Å². The number of carbonyl (C=O) groups excluding carboxylic acids is 1. The van der Waals surface area contributed by atoms with Crippen LogP contribution in [-0.4, -0.2) is 49.3 Å². The van der Waals surface area contributed by atoms with E-state index >= 15 is 0 Å². The molecule has 2 amide bonds. The van der Waals surface area contributed by atoms with Gasteiger partial charge in [0.15, 0.2) is 0 Å². The molecule has 1 aliphatic carbocycles. The van der Waals surface area contributed by atoms with Crippen LogP contribution in [0.2, 0.25) is 0 Å². The molecule has 1 atom stereocenters. The molecular weight excluding hydrogens is 232 g/mol. The standard InChI is InChI=1S/C12H20N4O2/c13-11(17)15-14-10-12(4-2-1-3-5-12)16-6-8-18-9-7-16/h1-4,14H,5-10H2,(H3,13,15,17). The van der Waals surface area contributed by atoms with Crippen LogP contribution in [0.5, 0.6) is 0 Å². The number of nitrogens with zero attached hydrogens (tertiary/aromatic N) is 1. The van der Waals surface area contributed by atoms with Crippen molar-refractivity contribution in [2.45, 2.75) is 12.0 Å². The summed E-state index contributed by atoms with van der Waals surface area (Å²) >= 11 is 0. The van der Waals surface area contributed by atoms with Gasteiger partial charge in [0.05, 0.1) is 18.8 Å². The minimum Gasteiger partial charge on any atom is -0.379 e. The summed E-state index contributed by atoms with van der Waals surface area (Å²) in [4.78, 5) is 13.1. The SMILES string of the molecule is NC(=O)NNCC1(N2CCOCC2)C=CC=CC1. The Balaban J connectivity index is 2.00. The van der Waals surface area contributed by atoms with Crippen LogP contribution in [-0.2, 0) is 4.74 Å². The maximum absolute atomic E-state index is 10.7. The Morgan fingerprint density at radius 3 is 2.78 bits per heavy atom. The van der Waals surface area contributed by atoms with Crippen LogP contribution >= 0.6 is 0 Å². The van der Waals surface area contributed by atoms with E-state index in [1.54, 1.807) is 0 Å². The van der Waals surface area contributed by atoms with Crippen LogP contribution in [0, 0.1) is 0 Å². The second-order valence-electron chi connectivity index (χ2n) is 4.54. The average Bonchev–Trinajstić information content (AvgIpc) is 2.40. The Morgan fingerprint density at radius 1 is 1.39 bits per heavy atom. The highest BCUT2D eigenvalue weighted by Gasteiger charge is 2.34. The lowest BCUT2D eigenvalue weighted by Gasteiger charge is -2.44. The minimum atomic E-state index is -0.567. The molecule has 0 spiro atoms. The Bertz CT molecular complexity index is 350. The highest BCUT2D eigenvalue weighted by molar-refractivity contribution is 5.70. The van der Waals surface area contributed by atoms with Crippen LogP contribution in [0.15, 0.2) is 24.3 Å². The molecule has 6 heteroatoms. The minimum absolute atomic E-state index is 0.110. The third kappa shape index (κ3) is 3.10. The fourth-order valence-corrected chi connectivity index (χ4v) is 2.42. The van der Waals surface area contributed by atoms with Gasteiger partial charge in [0.1, 0.15) is 0 Å². The summed E-state index contributed by atoms with van der Waals surface area (Å²) in [5.41, 5.74) is 10.3. The number of morpholine rings is 1. The molecule has 1 saturated heterocycles. The van der Waals surface area contributed by atoms with Crippen molar-refractivity contribution >= 4 is 6.03 Å². The first-order valence-corrected chi connectivity index (χ1v) is 6.18. The lowest BCUT2D eigenvalue weighted by molar-refractivity contribution is -0.00591. The molecule has 4 N–H and O–H groups in total. The van der Waals surface area contributed by atoms with E-state index in [1.165, 1.54) is 0 Å². The Hall–Kier alpha value is -1.37. The smallest absolute Gasteiger partial charge is 0.326 e. The summed E-state index contributed by atoms with van der Waals surface area (Å²) in [5, 5.41) is 0. The normalized spacial score (nSPS) is 28.2. The van der Waals surface area contributed by atoms with Gasteiger partial charge >= 0.3 is 6.03 Å². The molecule has 1 heterocycles. The summed E-state index contributed by atoms with van der Waals surface area (Å²) < 4.78 is 5.38. The molecule has 100 valence electrons. The highest BCUT2D eigenvalue weighted by Crippen LogP contribution is 2.25. The first-order chi connectivity index (χ1) is 8.73. The van der Waals surface area contributed by atoms with Gasteiger partial charge in [0.2, 0.25) is 0 Å². The molecule has 1 aliphatic heterocycles. The van der Waals surface area contributed by atoms with Crippen molar-refractivity contribution in [3.8, 4) is 0 Å². The van der Waals surface area contributed by atoms with Crippen LogP contribution in [0.4, 0.5) is 4.79 Å². The molecule has 2 aliphatic rings. The molecule has 0 aromatic rings. The molecule has 0 saturated carbocycles. The van der Waals surface area contributed by atoms with Gasteiger partial charge in [0, 0.05) is 19.6 Å². The second-order valence-corrected chi connectivity index (χ2v) is 4.54. The van der Waals surface area contributed by atoms with E-state index in [9.17, 15) is 4.79 Å². The Labute approximate surface area is 107 Å². The fraction of sp³-hybridized carbons (Fsp3) is 0.583. The number of hydrogen-bond acceptors (Lipinski definition) is 4. The number of urea groups is 1. The van der Waals surface area contributed by atoms with Gasteiger partial charge in [-0.3, -0.25) is 10.3 Å². The number of hydrazine groups is 1. The van der Waals surface area contributed by atoms with Gasteiger partial charge in [-0.1, -0.05) is 24.3 Å². The predicted molar refractivity (Wildman–Crippen MR) is 68.7 cm³/mol. The van der Waals surface area contributed by atoms with Crippen molar-refractivity contribution in [2.24, 2.45) is 5.73 Å². The largest absolute Gasteiger partial charge is 0.379 e. The number of allylic oxidation sites excluding steroid dienone is 2. The predicted octanol–water partition coefficient (Wildman–Crippen LogP) is -0.254. The second kappa shape index (κ2) is 5.99. The molecule has 0 bridgehead atoms. The van der Waals surface area contributed by atoms with Gasteiger partial charge in [-0.25, -0.2) is 10.2 Å². The summed E-state index contributed by atoms with van der Waals surface area (Å²) in [6, 6.07) is -0.567. The van der Waals surface area contributed by atoms with E-state index in [1.807, 2.05) is 12.2 Å². The molecule has 2 rings (SSSR count). The van der Waals surface area contributed by atoms with E-state index in [0.29, 0.717) is 6.54 Å². The van der Waals surface area contributed by atoms with E-state index < -0.39 is 6.03 Å². The maximum atomic E-state index is 10.7. The van der Waals surface area contributed by atoms with Gasteiger partial charge in [-0.2, -0.15) is 0 Å². The van der Waals surface area contributed by atoms with E-state index in [4.69, 9.17) is 10.5 Å². The number of hydrogen-bond donors (Lipinski definition) is 3. The Kier molecular flexibility index (Phi) is 4.35. The number of nitrogens with one attached hydrogen (secondary N) is 2. The quantitative estimate of drug-likeness (QED) is 0.603. The molecule has 1 unspecified atom stereocenters. The molecule has 0 aromatic heterocycles. The third-order valence-electron chi connectivity index (χ3n) is 3.37. The molecule has 0 radical (unpaired) electrons. The summed E-state index contributed by atoms with van der Waals surface area (Å²) in [6.07, 6.45) is 9.32. The number of carbonyl (C=O) groups is 1. The van der Waals surface area contributed by atoms with Gasteiger partial charge < -0.3 is 10.5 Å². The summed E-state index contributed by atoms with van der Waals surface area (Å²) in [7, 11) is 0. The zero-order chi connectivity index (χ0) is 12.8. The summed E-state index contributed by atoms with van der Waals surface area (Å²) in [6.45, 7) is 3.93. The molecule has 0 aromatic carbocycles. The first-order valence-electron chi connectivity index (χ1n) is 6.18. The van der Waals surface area contributed by atoms with Crippen molar-refractivity contribution in [2.75, 3.05) is 32.8 Å². The topological polar surface area (TPSA) is 79.6 Å². The third-order valence-corrected chi connectivity index (χ3v) is 3.37. The number of ether oxygens (including phenoxy) is 1. The average molecular weight is 252 g/mol. The van der Waals surface area contributed by atoms with E-state index in [0.717, 1.165) is 32.7 Å². The monoisotopic (exact) mass is 252 g/mol. The fourth-order valence-electron chi connectivity index (χ4n) is 2.42. The Morgan fingerprint density at radius 2 is 2.17 bits per heavy atom. The number of primary amides is 1. The van der Waals surface area contributed by atoms with Crippen molar-refractivity contribution in [3.05, 3.63) is 24.3 Å². The van der Waals surface area contributed by atoms with Crippen molar-refractivity contribution in [1.82, 2.24) is 15.8 Å². The lowest BCUT2D eigenvalue weighted by Crippen LogP contribution is -2.59. The number of rotatable bonds is 4. The highest BCUT2D eigenvalue weighted by atomic mass is 16.5. The van der Waals surface area contributed by atoms with Crippen LogP contribution < -0.4 is 16.6 Å². The molecule has 1 fully saturated rings. The van der Waals surface area contributed by atoms with Crippen molar-refractivity contribution in [3.63, 3.8) is 0 Å². The lowest BCUT2D eigenvalue weighted by atomic mass is 9.89. The number of amides is 2. The van der Waals surface area contributed by atoms with Gasteiger partial charge in [0.25, 0.3) is 0 Å². The zero-order valence-corrected chi connectivity index (χ0v) is 10.4. The summed E-state index contributed by atoms with van der Waals surface area (Å²) in [5.74, 6) is 0. The first kappa shape index (κ1) is 13.1. The van der Waals surface area contributed by atoms with E-state index in [-0.39, 0.29) is 5.54 Å². The zero-order valence-electron chi connectivity index (χ0n) is 10.4. The number of nitrogens with two attached hydrogens (primary N) is 1. The molecular formula is C12H20N4O2.